The maximum Gasteiger partial charge on any atom is 0.228 e. The topological polar surface area (TPSA) is 67.2 Å². The lowest BCUT2D eigenvalue weighted by molar-refractivity contribution is -0.169. The van der Waals surface area contributed by atoms with E-state index in [1.54, 1.807) is 0 Å². The highest BCUT2D eigenvalue weighted by molar-refractivity contribution is 5.83. The highest BCUT2D eigenvalue weighted by Gasteiger charge is 2.63. The summed E-state index contributed by atoms with van der Waals surface area (Å²) in [4.78, 5) is 20.8. The number of tetrazole rings is 1. The summed E-state index contributed by atoms with van der Waals surface area (Å²) in [6, 6.07) is 0.764. The van der Waals surface area contributed by atoms with Crippen LogP contribution in [0.4, 0.5) is 0 Å². The summed E-state index contributed by atoms with van der Waals surface area (Å²) in [6.45, 7) is 5.87. The SMILES string of the molecule is Cc1nnn(C23CC4CC(CC(C(=O)N5CCN(C6CCCCC6)CC5)(C4)C2)C3)n1. The molecule has 0 radical (unpaired) electrons. The van der Waals surface area contributed by atoms with Gasteiger partial charge < -0.3 is 4.90 Å². The molecule has 0 aromatic carbocycles. The Bertz CT molecular complexity index is 792. The predicted octanol–water partition coefficient (Wildman–Crippen LogP) is 2.75. The molecule has 6 aliphatic rings. The molecule has 2 atom stereocenters. The summed E-state index contributed by atoms with van der Waals surface area (Å²) in [5.41, 5.74) is -0.260. The van der Waals surface area contributed by atoms with E-state index in [1.807, 2.05) is 11.7 Å². The van der Waals surface area contributed by atoms with E-state index in [1.165, 1.54) is 38.5 Å². The Morgan fingerprint density at radius 3 is 2.30 bits per heavy atom. The second-order valence-electron chi connectivity index (χ2n) is 11.2. The number of carbonyl (C=O) groups is 1. The van der Waals surface area contributed by atoms with Gasteiger partial charge in [-0.25, -0.2) is 0 Å². The minimum Gasteiger partial charge on any atom is -0.340 e. The number of amides is 1. The number of carbonyl (C=O) groups excluding carboxylic acids is 1. The van der Waals surface area contributed by atoms with E-state index in [0.717, 1.165) is 70.1 Å². The van der Waals surface area contributed by atoms with Gasteiger partial charge >= 0.3 is 0 Å². The third-order valence-electron chi connectivity index (χ3n) is 9.11. The molecule has 7 nitrogen and oxygen atoms in total. The molecule has 4 bridgehead atoms. The van der Waals surface area contributed by atoms with Crippen molar-refractivity contribution < 1.29 is 4.79 Å². The molecule has 30 heavy (non-hydrogen) atoms. The maximum atomic E-state index is 14.0. The van der Waals surface area contributed by atoms with Crippen LogP contribution in [0.5, 0.6) is 0 Å². The van der Waals surface area contributed by atoms with Crippen molar-refractivity contribution in [3.05, 3.63) is 5.82 Å². The zero-order valence-corrected chi connectivity index (χ0v) is 18.4. The molecule has 2 heterocycles. The minimum atomic E-state index is -0.182. The second-order valence-corrected chi connectivity index (χ2v) is 11.2. The monoisotopic (exact) mass is 412 g/mol. The molecule has 1 aromatic rings. The maximum absolute atomic E-state index is 14.0. The van der Waals surface area contributed by atoms with E-state index in [0.29, 0.717) is 17.7 Å². The van der Waals surface area contributed by atoms with Gasteiger partial charge in [-0.2, -0.15) is 4.80 Å². The average molecular weight is 413 g/mol. The Morgan fingerprint density at radius 2 is 1.67 bits per heavy atom. The second kappa shape index (κ2) is 7.01. The number of hydrogen-bond donors (Lipinski definition) is 0. The summed E-state index contributed by atoms with van der Waals surface area (Å²) < 4.78 is 0. The van der Waals surface area contributed by atoms with Gasteiger partial charge in [-0.3, -0.25) is 9.69 Å². The Morgan fingerprint density at radius 1 is 0.967 bits per heavy atom. The first-order valence-corrected chi connectivity index (χ1v) is 12.4. The quantitative estimate of drug-likeness (QED) is 0.764. The zero-order valence-electron chi connectivity index (χ0n) is 18.4. The molecule has 6 fully saturated rings. The van der Waals surface area contributed by atoms with Crippen molar-refractivity contribution in [2.75, 3.05) is 26.2 Å². The lowest BCUT2D eigenvalue weighted by Gasteiger charge is -2.61. The van der Waals surface area contributed by atoms with Crippen LogP contribution in [0.2, 0.25) is 0 Å². The van der Waals surface area contributed by atoms with Crippen LogP contribution in [-0.4, -0.2) is 68.1 Å². The number of aromatic nitrogens is 4. The fraction of sp³-hybridized carbons (Fsp3) is 0.913. The van der Waals surface area contributed by atoms with Gasteiger partial charge in [0.05, 0.1) is 11.0 Å². The third-order valence-corrected chi connectivity index (χ3v) is 9.11. The molecule has 5 saturated carbocycles. The Kier molecular flexibility index (Phi) is 4.49. The fourth-order valence-corrected chi connectivity index (χ4v) is 8.26. The normalized spacial score (nSPS) is 39.6. The lowest BCUT2D eigenvalue weighted by atomic mass is 9.46. The lowest BCUT2D eigenvalue weighted by Crippen LogP contribution is -2.63. The minimum absolute atomic E-state index is 0.0784. The number of rotatable bonds is 3. The van der Waals surface area contributed by atoms with Gasteiger partial charge in [-0.15, -0.1) is 10.2 Å². The van der Waals surface area contributed by atoms with Crippen LogP contribution >= 0.6 is 0 Å². The van der Waals surface area contributed by atoms with E-state index in [-0.39, 0.29) is 11.0 Å². The van der Waals surface area contributed by atoms with Crippen LogP contribution < -0.4 is 0 Å². The van der Waals surface area contributed by atoms with Gasteiger partial charge in [-0.1, -0.05) is 19.3 Å². The third kappa shape index (κ3) is 3.02. The Labute approximate surface area is 179 Å². The Hall–Kier alpha value is -1.50. The Balaban J connectivity index is 1.19. The predicted molar refractivity (Wildman–Crippen MR) is 113 cm³/mol. The van der Waals surface area contributed by atoms with Crippen molar-refractivity contribution in [1.29, 1.82) is 0 Å². The number of hydrogen-bond acceptors (Lipinski definition) is 5. The van der Waals surface area contributed by atoms with Gasteiger partial charge in [0.2, 0.25) is 5.91 Å². The molecule has 5 aliphatic carbocycles. The first-order chi connectivity index (χ1) is 14.6. The summed E-state index contributed by atoms with van der Waals surface area (Å²) in [5.74, 6) is 2.47. The van der Waals surface area contributed by atoms with Crippen molar-refractivity contribution in [2.45, 2.75) is 89.1 Å². The van der Waals surface area contributed by atoms with Gasteiger partial charge in [0, 0.05) is 32.2 Å². The highest BCUT2D eigenvalue weighted by Crippen LogP contribution is 2.64. The summed E-state index contributed by atoms with van der Waals surface area (Å²) in [5, 5.41) is 13.2. The molecule has 2 unspecified atom stereocenters. The van der Waals surface area contributed by atoms with Crippen LogP contribution in [-0.2, 0) is 10.3 Å². The van der Waals surface area contributed by atoms with Crippen LogP contribution in [0.3, 0.4) is 0 Å². The highest BCUT2D eigenvalue weighted by atomic mass is 16.2. The molecular weight excluding hydrogens is 376 g/mol. The van der Waals surface area contributed by atoms with Gasteiger partial charge in [0.15, 0.2) is 5.82 Å². The van der Waals surface area contributed by atoms with Crippen LogP contribution in [0.15, 0.2) is 0 Å². The number of piperazine rings is 1. The van der Waals surface area contributed by atoms with E-state index in [4.69, 9.17) is 0 Å². The molecule has 7 heteroatoms. The van der Waals surface area contributed by atoms with Crippen LogP contribution in [0.1, 0.15) is 76.5 Å². The van der Waals surface area contributed by atoms with Crippen molar-refractivity contribution in [3.8, 4) is 0 Å². The molecule has 1 amide bonds. The first-order valence-electron chi connectivity index (χ1n) is 12.4. The van der Waals surface area contributed by atoms with E-state index in [2.05, 4.69) is 25.2 Å². The summed E-state index contributed by atoms with van der Waals surface area (Å²) >= 11 is 0. The van der Waals surface area contributed by atoms with Crippen molar-refractivity contribution in [3.63, 3.8) is 0 Å². The number of nitrogens with zero attached hydrogens (tertiary/aromatic N) is 6. The van der Waals surface area contributed by atoms with Crippen LogP contribution in [0, 0.1) is 24.2 Å². The zero-order chi connectivity index (χ0) is 20.3. The number of aryl methyl sites for hydroxylation is 1. The molecule has 1 saturated heterocycles. The molecular formula is C23H36N6O. The standard InChI is InChI=1S/C23H36N6O/c1-17-24-26-29(25-17)23-14-18-11-19(15-23)13-22(12-18,16-23)21(30)28-9-7-27(8-10-28)20-5-3-2-4-6-20/h18-20H,2-16H2,1H3. The van der Waals surface area contributed by atoms with Gasteiger partial charge in [-0.05, 0) is 75.3 Å². The van der Waals surface area contributed by atoms with E-state index in [9.17, 15) is 4.79 Å². The smallest absolute Gasteiger partial charge is 0.228 e. The van der Waals surface area contributed by atoms with Gasteiger partial charge in [0.25, 0.3) is 0 Å². The van der Waals surface area contributed by atoms with Crippen LogP contribution in [0.25, 0.3) is 0 Å². The molecule has 1 aliphatic heterocycles. The molecule has 164 valence electrons. The van der Waals surface area contributed by atoms with Crippen molar-refractivity contribution in [2.24, 2.45) is 17.3 Å². The molecule has 1 aromatic heterocycles. The van der Waals surface area contributed by atoms with Gasteiger partial charge in [0.1, 0.15) is 0 Å². The largest absolute Gasteiger partial charge is 0.340 e. The average Bonchev–Trinajstić information content (AvgIpc) is 3.20. The first kappa shape index (κ1) is 19.2. The summed E-state index contributed by atoms with van der Waals surface area (Å²) in [7, 11) is 0. The summed E-state index contributed by atoms with van der Waals surface area (Å²) in [6.07, 6.45) is 13.5. The molecule has 7 rings (SSSR count). The molecule has 0 spiro atoms. The van der Waals surface area contributed by atoms with Crippen molar-refractivity contribution in [1.82, 2.24) is 30.0 Å². The molecule has 0 N–H and O–H groups in total. The van der Waals surface area contributed by atoms with E-state index < -0.39 is 0 Å². The van der Waals surface area contributed by atoms with Crippen molar-refractivity contribution >= 4 is 5.91 Å². The fourth-order valence-electron chi connectivity index (χ4n) is 8.26. The van der Waals surface area contributed by atoms with E-state index >= 15 is 0 Å².